The summed E-state index contributed by atoms with van der Waals surface area (Å²) >= 11 is 0. The molecule has 1 atom stereocenters. The molecular formula is C13H25ClN2O3S. The highest BCUT2D eigenvalue weighted by Crippen LogP contribution is 2.40. The zero-order valence-corrected chi connectivity index (χ0v) is 13.5. The van der Waals surface area contributed by atoms with Crippen LogP contribution >= 0.6 is 12.4 Å². The van der Waals surface area contributed by atoms with E-state index in [0.717, 1.165) is 51.7 Å². The molecule has 3 saturated heterocycles. The van der Waals surface area contributed by atoms with Crippen molar-refractivity contribution in [1.29, 1.82) is 0 Å². The van der Waals surface area contributed by atoms with Crippen molar-refractivity contribution in [1.82, 2.24) is 9.62 Å². The zero-order valence-electron chi connectivity index (χ0n) is 11.8. The Morgan fingerprint density at radius 3 is 2.60 bits per heavy atom. The Kier molecular flexibility index (Phi) is 5.34. The molecule has 0 aliphatic carbocycles. The second kappa shape index (κ2) is 6.48. The minimum absolute atomic E-state index is 0. The molecule has 1 unspecified atom stereocenters. The van der Waals surface area contributed by atoms with Gasteiger partial charge in [0, 0.05) is 19.7 Å². The van der Waals surface area contributed by atoms with Gasteiger partial charge < -0.3 is 10.1 Å². The van der Waals surface area contributed by atoms with Crippen molar-refractivity contribution in [3.8, 4) is 0 Å². The first-order valence-electron chi connectivity index (χ1n) is 7.40. The highest BCUT2D eigenvalue weighted by molar-refractivity contribution is 7.89. The Labute approximate surface area is 127 Å². The summed E-state index contributed by atoms with van der Waals surface area (Å²) in [6, 6.07) is 0. The van der Waals surface area contributed by atoms with Crippen LogP contribution in [0, 0.1) is 5.41 Å². The summed E-state index contributed by atoms with van der Waals surface area (Å²) in [7, 11) is -3.15. The van der Waals surface area contributed by atoms with Crippen LogP contribution in [0.2, 0.25) is 0 Å². The van der Waals surface area contributed by atoms with Crippen LogP contribution in [0.4, 0.5) is 0 Å². The van der Waals surface area contributed by atoms with E-state index in [-0.39, 0.29) is 23.1 Å². The van der Waals surface area contributed by atoms with Crippen molar-refractivity contribution in [2.75, 3.05) is 39.4 Å². The van der Waals surface area contributed by atoms with Crippen LogP contribution in [0.1, 0.15) is 32.1 Å². The lowest BCUT2D eigenvalue weighted by Crippen LogP contribution is -2.44. The molecule has 0 bridgehead atoms. The molecule has 0 saturated carbocycles. The third-order valence-corrected chi connectivity index (χ3v) is 7.21. The Hall–Kier alpha value is 0.120. The van der Waals surface area contributed by atoms with Gasteiger partial charge in [0.25, 0.3) is 0 Å². The molecular weight excluding hydrogens is 300 g/mol. The number of ether oxygens (including phenoxy) is 1. The lowest BCUT2D eigenvalue weighted by molar-refractivity contribution is 0.0974. The number of nitrogens with zero attached hydrogens (tertiary/aromatic N) is 1. The predicted octanol–water partition coefficient (Wildman–Crippen LogP) is 0.992. The third-order valence-electron chi connectivity index (χ3n) is 4.97. The maximum absolute atomic E-state index is 12.6. The average molecular weight is 325 g/mol. The molecule has 3 aliphatic rings. The van der Waals surface area contributed by atoms with E-state index >= 15 is 0 Å². The molecule has 5 nitrogen and oxygen atoms in total. The molecule has 118 valence electrons. The van der Waals surface area contributed by atoms with Gasteiger partial charge in [0.2, 0.25) is 10.0 Å². The first kappa shape index (κ1) is 16.5. The Bertz CT molecular complexity index is 417. The van der Waals surface area contributed by atoms with Crippen molar-refractivity contribution in [3.63, 3.8) is 0 Å². The van der Waals surface area contributed by atoms with E-state index < -0.39 is 10.0 Å². The molecule has 3 heterocycles. The van der Waals surface area contributed by atoms with E-state index in [1.165, 1.54) is 0 Å². The van der Waals surface area contributed by atoms with Crippen LogP contribution < -0.4 is 5.32 Å². The topological polar surface area (TPSA) is 58.6 Å². The van der Waals surface area contributed by atoms with Gasteiger partial charge in [-0.25, -0.2) is 12.7 Å². The number of halogens is 1. The van der Waals surface area contributed by atoms with Gasteiger partial charge in [0.1, 0.15) is 0 Å². The lowest BCUT2D eigenvalue weighted by Gasteiger charge is -2.34. The SMILES string of the molecule is Cl.O=S(=O)(C1CCCOC1)N1CCC2(CCNCC2)C1. The average Bonchev–Trinajstić information content (AvgIpc) is 2.85. The van der Waals surface area contributed by atoms with Crippen molar-refractivity contribution >= 4 is 22.4 Å². The van der Waals surface area contributed by atoms with Gasteiger partial charge in [0.15, 0.2) is 0 Å². The molecule has 3 fully saturated rings. The van der Waals surface area contributed by atoms with E-state index in [0.29, 0.717) is 19.8 Å². The molecule has 1 N–H and O–H groups in total. The highest BCUT2D eigenvalue weighted by atomic mass is 35.5. The predicted molar refractivity (Wildman–Crippen MR) is 80.7 cm³/mol. The van der Waals surface area contributed by atoms with Gasteiger partial charge >= 0.3 is 0 Å². The maximum atomic E-state index is 12.6. The summed E-state index contributed by atoms with van der Waals surface area (Å²) in [5, 5.41) is 3.06. The number of piperidine rings is 1. The fourth-order valence-corrected chi connectivity index (χ4v) is 5.59. The summed E-state index contributed by atoms with van der Waals surface area (Å²) in [4.78, 5) is 0. The first-order chi connectivity index (χ1) is 9.12. The van der Waals surface area contributed by atoms with Gasteiger partial charge in [-0.15, -0.1) is 12.4 Å². The van der Waals surface area contributed by atoms with Gasteiger partial charge in [-0.2, -0.15) is 0 Å². The van der Waals surface area contributed by atoms with E-state index in [4.69, 9.17) is 4.74 Å². The Balaban J connectivity index is 0.00000147. The summed E-state index contributed by atoms with van der Waals surface area (Å²) in [5.41, 5.74) is 0.244. The largest absolute Gasteiger partial charge is 0.380 e. The monoisotopic (exact) mass is 324 g/mol. The molecule has 1 spiro atoms. The highest BCUT2D eigenvalue weighted by Gasteiger charge is 2.45. The molecule has 3 aliphatic heterocycles. The fourth-order valence-electron chi connectivity index (χ4n) is 3.63. The van der Waals surface area contributed by atoms with Gasteiger partial charge in [-0.3, -0.25) is 0 Å². The van der Waals surface area contributed by atoms with Crippen molar-refractivity contribution < 1.29 is 13.2 Å². The number of hydrogen-bond donors (Lipinski definition) is 1. The van der Waals surface area contributed by atoms with E-state index in [9.17, 15) is 8.42 Å². The summed E-state index contributed by atoms with van der Waals surface area (Å²) < 4.78 is 32.4. The summed E-state index contributed by atoms with van der Waals surface area (Å²) in [6.07, 6.45) is 4.88. The zero-order chi connectivity index (χ0) is 13.3. The van der Waals surface area contributed by atoms with E-state index in [1.807, 2.05) is 0 Å². The fraction of sp³-hybridized carbons (Fsp3) is 1.00. The maximum Gasteiger partial charge on any atom is 0.219 e. The second-order valence-electron chi connectivity index (χ2n) is 6.22. The van der Waals surface area contributed by atoms with Crippen LogP contribution in [0.15, 0.2) is 0 Å². The normalized spacial score (nSPS) is 31.1. The molecule has 20 heavy (non-hydrogen) atoms. The molecule has 0 aromatic rings. The van der Waals surface area contributed by atoms with Crippen molar-refractivity contribution in [2.45, 2.75) is 37.4 Å². The smallest absolute Gasteiger partial charge is 0.219 e. The Morgan fingerprint density at radius 2 is 1.95 bits per heavy atom. The second-order valence-corrected chi connectivity index (χ2v) is 8.43. The van der Waals surface area contributed by atoms with Crippen LogP contribution in [0.5, 0.6) is 0 Å². The number of hydrogen-bond acceptors (Lipinski definition) is 4. The van der Waals surface area contributed by atoms with Crippen molar-refractivity contribution in [3.05, 3.63) is 0 Å². The van der Waals surface area contributed by atoms with E-state index in [1.54, 1.807) is 4.31 Å². The molecule has 0 aromatic carbocycles. The number of rotatable bonds is 2. The van der Waals surface area contributed by atoms with Crippen LogP contribution in [0.25, 0.3) is 0 Å². The number of sulfonamides is 1. The first-order valence-corrected chi connectivity index (χ1v) is 8.90. The minimum Gasteiger partial charge on any atom is -0.380 e. The summed E-state index contributed by atoms with van der Waals surface area (Å²) in [5.74, 6) is 0. The molecule has 3 rings (SSSR count). The molecule has 0 amide bonds. The van der Waals surface area contributed by atoms with Gasteiger partial charge in [-0.1, -0.05) is 0 Å². The van der Waals surface area contributed by atoms with Gasteiger partial charge in [0.05, 0.1) is 11.9 Å². The van der Waals surface area contributed by atoms with E-state index in [2.05, 4.69) is 5.32 Å². The summed E-state index contributed by atoms with van der Waals surface area (Å²) in [6.45, 7) is 4.59. The molecule has 0 radical (unpaired) electrons. The molecule has 0 aromatic heterocycles. The third kappa shape index (κ3) is 3.14. The van der Waals surface area contributed by atoms with Gasteiger partial charge in [-0.05, 0) is 50.6 Å². The van der Waals surface area contributed by atoms with Crippen LogP contribution in [-0.2, 0) is 14.8 Å². The minimum atomic E-state index is -3.15. The van der Waals surface area contributed by atoms with Crippen LogP contribution in [-0.4, -0.2) is 57.4 Å². The standard InChI is InChI=1S/C13H24N2O3S.ClH/c16-19(17,12-2-1-9-18-10-12)15-8-5-13(11-15)3-6-14-7-4-13;/h12,14H,1-11H2;1H. The Morgan fingerprint density at radius 1 is 1.20 bits per heavy atom. The lowest BCUT2D eigenvalue weighted by atomic mass is 9.78. The number of nitrogens with one attached hydrogen (secondary N) is 1. The quantitative estimate of drug-likeness (QED) is 0.823. The van der Waals surface area contributed by atoms with Crippen molar-refractivity contribution in [2.24, 2.45) is 5.41 Å². The molecule has 7 heteroatoms. The van der Waals surface area contributed by atoms with Crippen LogP contribution in [0.3, 0.4) is 0 Å².